The smallest absolute Gasteiger partial charge is 0.257 e. The second-order valence-corrected chi connectivity index (χ2v) is 7.66. The van der Waals surface area contributed by atoms with Crippen LogP contribution < -0.4 is 20.1 Å². The average Bonchev–Trinajstić information content (AvgIpc) is 2.96. The van der Waals surface area contributed by atoms with E-state index in [0.717, 1.165) is 12.1 Å². The standard InChI is InChI=1S/C20H28N2O3S/c1-6-21-20(23)12-25-18-8-7-16(10-19(18)24-5)11-22-14(3)17-9-13(2)26-15(17)4/h7-10,14,22H,6,11-12H2,1-5H3,(H,21,23). The van der Waals surface area contributed by atoms with Crippen molar-refractivity contribution in [3.8, 4) is 11.5 Å². The Morgan fingerprint density at radius 3 is 2.62 bits per heavy atom. The lowest BCUT2D eigenvalue weighted by molar-refractivity contribution is -0.123. The van der Waals surface area contributed by atoms with Crippen molar-refractivity contribution in [3.05, 3.63) is 45.1 Å². The van der Waals surface area contributed by atoms with Gasteiger partial charge < -0.3 is 20.1 Å². The fourth-order valence-electron chi connectivity index (χ4n) is 2.79. The Bertz CT molecular complexity index is 743. The molecule has 0 bridgehead atoms. The van der Waals surface area contributed by atoms with Crippen LogP contribution in [0.4, 0.5) is 0 Å². The summed E-state index contributed by atoms with van der Waals surface area (Å²) in [7, 11) is 1.60. The van der Waals surface area contributed by atoms with Crippen molar-refractivity contribution >= 4 is 17.2 Å². The van der Waals surface area contributed by atoms with Crippen molar-refractivity contribution in [3.63, 3.8) is 0 Å². The van der Waals surface area contributed by atoms with Gasteiger partial charge in [-0.3, -0.25) is 4.79 Å². The van der Waals surface area contributed by atoms with E-state index in [9.17, 15) is 4.79 Å². The first-order valence-corrected chi connectivity index (χ1v) is 9.63. The monoisotopic (exact) mass is 376 g/mol. The first-order valence-electron chi connectivity index (χ1n) is 8.81. The number of benzene rings is 1. The maximum Gasteiger partial charge on any atom is 0.257 e. The third kappa shape index (κ3) is 5.47. The Hall–Kier alpha value is -2.05. The molecule has 0 radical (unpaired) electrons. The van der Waals surface area contributed by atoms with Crippen LogP contribution in [0.5, 0.6) is 11.5 Å². The topological polar surface area (TPSA) is 59.6 Å². The van der Waals surface area contributed by atoms with Crippen molar-refractivity contribution in [2.45, 2.75) is 40.3 Å². The van der Waals surface area contributed by atoms with Crippen molar-refractivity contribution in [2.75, 3.05) is 20.3 Å². The van der Waals surface area contributed by atoms with E-state index in [1.807, 2.05) is 36.5 Å². The second-order valence-electron chi connectivity index (χ2n) is 6.20. The van der Waals surface area contributed by atoms with Crippen LogP contribution in [0, 0.1) is 13.8 Å². The number of ether oxygens (including phenoxy) is 2. The summed E-state index contributed by atoms with van der Waals surface area (Å²) in [5, 5.41) is 6.26. The molecule has 2 aromatic rings. The molecule has 0 aliphatic rings. The molecule has 0 saturated carbocycles. The van der Waals surface area contributed by atoms with E-state index in [0.29, 0.717) is 18.0 Å². The van der Waals surface area contributed by atoms with E-state index in [-0.39, 0.29) is 18.6 Å². The van der Waals surface area contributed by atoms with Gasteiger partial charge in [0.1, 0.15) is 0 Å². The molecule has 0 aliphatic carbocycles. The van der Waals surface area contributed by atoms with E-state index >= 15 is 0 Å². The van der Waals surface area contributed by atoms with Crippen molar-refractivity contribution in [1.82, 2.24) is 10.6 Å². The maximum atomic E-state index is 11.5. The zero-order valence-electron chi connectivity index (χ0n) is 16.1. The average molecular weight is 377 g/mol. The van der Waals surface area contributed by atoms with Crippen LogP contribution in [-0.4, -0.2) is 26.2 Å². The first kappa shape index (κ1) is 20.3. The molecule has 142 valence electrons. The first-order chi connectivity index (χ1) is 12.4. The molecule has 0 fully saturated rings. The molecule has 0 aliphatic heterocycles. The minimum Gasteiger partial charge on any atom is -0.493 e. The molecule has 0 saturated heterocycles. The third-order valence-electron chi connectivity index (χ3n) is 4.12. The molecule has 1 amide bonds. The Labute approximate surface area is 159 Å². The summed E-state index contributed by atoms with van der Waals surface area (Å²) in [5.74, 6) is 1.05. The third-order valence-corrected chi connectivity index (χ3v) is 5.10. The van der Waals surface area contributed by atoms with E-state index in [1.165, 1.54) is 15.3 Å². The molecule has 1 aromatic carbocycles. The number of hydrogen-bond acceptors (Lipinski definition) is 5. The molecule has 6 heteroatoms. The quantitative estimate of drug-likeness (QED) is 0.700. The number of hydrogen-bond donors (Lipinski definition) is 2. The van der Waals surface area contributed by atoms with Gasteiger partial charge >= 0.3 is 0 Å². The van der Waals surface area contributed by atoms with E-state index in [1.54, 1.807) is 7.11 Å². The highest BCUT2D eigenvalue weighted by Gasteiger charge is 2.12. The van der Waals surface area contributed by atoms with Gasteiger partial charge in [0.05, 0.1) is 7.11 Å². The predicted molar refractivity (Wildman–Crippen MR) is 106 cm³/mol. The number of rotatable bonds is 9. The van der Waals surface area contributed by atoms with Crippen LogP contribution in [0.25, 0.3) is 0 Å². The summed E-state index contributed by atoms with van der Waals surface area (Å²) in [5.41, 5.74) is 2.45. The number of aryl methyl sites for hydroxylation is 2. The van der Waals surface area contributed by atoms with Gasteiger partial charge in [-0.15, -0.1) is 11.3 Å². The van der Waals surface area contributed by atoms with Crippen molar-refractivity contribution < 1.29 is 14.3 Å². The summed E-state index contributed by atoms with van der Waals surface area (Å²) < 4.78 is 11.0. The Morgan fingerprint density at radius 1 is 1.23 bits per heavy atom. The highest BCUT2D eigenvalue weighted by Crippen LogP contribution is 2.29. The molecule has 1 atom stereocenters. The van der Waals surface area contributed by atoms with Gasteiger partial charge in [0.15, 0.2) is 18.1 Å². The molecule has 1 heterocycles. The summed E-state index contributed by atoms with van der Waals surface area (Å²) in [6.45, 7) is 9.65. The minimum atomic E-state index is -0.143. The van der Waals surface area contributed by atoms with E-state index < -0.39 is 0 Å². The molecule has 2 N–H and O–H groups in total. The molecule has 0 spiro atoms. The maximum absolute atomic E-state index is 11.5. The lowest BCUT2D eigenvalue weighted by atomic mass is 10.1. The van der Waals surface area contributed by atoms with Gasteiger partial charge in [-0.2, -0.15) is 0 Å². The number of thiophene rings is 1. The number of amides is 1. The minimum absolute atomic E-state index is 0.0182. The fourth-order valence-corrected chi connectivity index (χ4v) is 3.82. The Kier molecular flexibility index (Phi) is 7.48. The molecule has 1 unspecified atom stereocenters. The van der Waals surface area contributed by atoms with Gasteiger partial charge in [0.25, 0.3) is 5.91 Å². The van der Waals surface area contributed by atoms with Crippen LogP contribution in [-0.2, 0) is 11.3 Å². The molecular weight excluding hydrogens is 348 g/mol. The SMILES string of the molecule is CCNC(=O)COc1ccc(CNC(C)c2cc(C)sc2C)cc1OC. The van der Waals surface area contributed by atoms with Crippen molar-refractivity contribution in [2.24, 2.45) is 0 Å². The summed E-state index contributed by atoms with van der Waals surface area (Å²) in [6.07, 6.45) is 0. The molecule has 26 heavy (non-hydrogen) atoms. The van der Waals surface area contributed by atoms with Gasteiger partial charge in [0, 0.05) is 28.9 Å². The normalized spacial score (nSPS) is 11.9. The van der Waals surface area contributed by atoms with Gasteiger partial charge in [-0.1, -0.05) is 6.07 Å². The lowest BCUT2D eigenvalue weighted by Gasteiger charge is -2.16. The Balaban J connectivity index is 1.97. The molecular formula is C20H28N2O3S. The lowest BCUT2D eigenvalue weighted by Crippen LogP contribution is -2.28. The van der Waals surface area contributed by atoms with Crippen LogP contribution in [0.15, 0.2) is 24.3 Å². The van der Waals surface area contributed by atoms with Crippen LogP contribution in [0.3, 0.4) is 0 Å². The summed E-state index contributed by atoms with van der Waals surface area (Å²) in [4.78, 5) is 14.2. The largest absolute Gasteiger partial charge is 0.493 e. The zero-order chi connectivity index (χ0) is 19.1. The molecule has 2 rings (SSSR count). The van der Waals surface area contributed by atoms with Crippen LogP contribution in [0.1, 0.15) is 40.8 Å². The number of methoxy groups -OCH3 is 1. The highest BCUT2D eigenvalue weighted by atomic mass is 32.1. The Morgan fingerprint density at radius 2 is 2.00 bits per heavy atom. The summed E-state index contributed by atoms with van der Waals surface area (Å²) >= 11 is 1.83. The molecule has 1 aromatic heterocycles. The number of carbonyl (C=O) groups excluding carboxylic acids is 1. The van der Waals surface area contributed by atoms with Gasteiger partial charge in [-0.25, -0.2) is 0 Å². The van der Waals surface area contributed by atoms with Crippen LogP contribution >= 0.6 is 11.3 Å². The zero-order valence-corrected chi connectivity index (χ0v) is 17.0. The van der Waals surface area contributed by atoms with Gasteiger partial charge in [-0.05, 0) is 57.0 Å². The van der Waals surface area contributed by atoms with E-state index in [2.05, 4.69) is 37.5 Å². The predicted octanol–water partition coefficient (Wildman–Crippen LogP) is 3.74. The number of carbonyl (C=O) groups is 1. The highest BCUT2D eigenvalue weighted by molar-refractivity contribution is 7.12. The second kappa shape index (κ2) is 9.59. The summed E-state index contributed by atoms with van der Waals surface area (Å²) in [6, 6.07) is 8.30. The van der Waals surface area contributed by atoms with Gasteiger partial charge in [0.2, 0.25) is 0 Å². The number of likely N-dealkylation sites (N-methyl/N-ethyl adjacent to an activating group) is 1. The number of nitrogens with one attached hydrogen (secondary N) is 2. The molecule has 5 nitrogen and oxygen atoms in total. The fraction of sp³-hybridized carbons (Fsp3) is 0.450. The van der Waals surface area contributed by atoms with Crippen LogP contribution in [0.2, 0.25) is 0 Å². The van der Waals surface area contributed by atoms with E-state index in [4.69, 9.17) is 9.47 Å². The van der Waals surface area contributed by atoms with Crippen molar-refractivity contribution in [1.29, 1.82) is 0 Å².